The van der Waals surface area contributed by atoms with E-state index in [0.717, 1.165) is 11.1 Å². The molecule has 190 valence electrons. The Balaban J connectivity index is 1.56. The Morgan fingerprint density at radius 3 is 2.29 bits per heavy atom. The average molecular weight is 507 g/mol. The zero-order valence-corrected chi connectivity index (χ0v) is 20.9. The van der Waals surface area contributed by atoms with Gasteiger partial charge in [-0.2, -0.15) is 5.10 Å². The fourth-order valence-corrected chi connectivity index (χ4v) is 4.29. The van der Waals surface area contributed by atoms with Gasteiger partial charge in [-0.25, -0.2) is 4.68 Å². The topological polar surface area (TPSA) is 94.4 Å². The number of hydrogen-bond acceptors (Lipinski definition) is 5. The number of amides is 1. The third-order valence-corrected chi connectivity index (χ3v) is 6.22. The van der Waals surface area contributed by atoms with E-state index in [2.05, 4.69) is 5.10 Å². The molecule has 0 fully saturated rings. The SMILES string of the molecule is Cc1ccc(-c2cc(C(=O)N(CCc3ccccc3)Cc3ccccc3)n(-c3cccc([N+](=O)[O-])c3)n2)o1. The third-order valence-electron chi connectivity index (χ3n) is 6.22. The van der Waals surface area contributed by atoms with Crippen LogP contribution in [0.2, 0.25) is 0 Å². The first kappa shape index (κ1) is 24.7. The average Bonchev–Trinajstić information content (AvgIpc) is 3.58. The minimum atomic E-state index is -0.465. The van der Waals surface area contributed by atoms with Gasteiger partial charge in [0.2, 0.25) is 0 Å². The van der Waals surface area contributed by atoms with Crippen LogP contribution in [0.15, 0.2) is 108 Å². The number of carbonyl (C=O) groups is 1. The molecule has 0 N–H and O–H groups in total. The molecule has 0 saturated heterocycles. The van der Waals surface area contributed by atoms with Gasteiger partial charge in [0.1, 0.15) is 17.1 Å². The number of rotatable bonds is 9. The Hall–Kier alpha value is -4.98. The number of hydrogen-bond donors (Lipinski definition) is 0. The maximum atomic E-state index is 14.1. The first-order valence-electron chi connectivity index (χ1n) is 12.3. The molecule has 0 radical (unpaired) electrons. The minimum absolute atomic E-state index is 0.0861. The highest BCUT2D eigenvalue weighted by Gasteiger charge is 2.25. The van der Waals surface area contributed by atoms with E-state index >= 15 is 0 Å². The van der Waals surface area contributed by atoms with Crippen LogP contribution < -0.4 is 0 Å². The Kier molecular flexibility index (Phi) is 7.13. The molecule has 0 saturated carbocycles. The van der Waals surface area contributed by atoms with E-state index in [1.807, 2.05) is 73.7 Å². The van der Waals surface area contributed by atoms with Crippen molar-refractivity contribution < 1.29 is 14.1 Å². The number of non-ortho nitro benzene ring substituents is 1. The summed E-state index contributed by atoms with van der Waals surface area (Å²) in [5.74, 6) is 0.990. The Bertz CT molecular complexity index is 1560. The van der Waals surface area contributed by atoms with E-state index in [4.69, 9.17) is 4.42 Å². The van der Waals surface area contributed by atoms with Gasteiger partial charge in [-0.15, -0.1) is 0 Å². The van der Waals surface area contributed by atoms with Crippen LogP contribution in [0.5, 0.6) is 0 Å². The molecule has 8 heteroatoms. The monoisotopic (exact) mass is 506 g/mol. The fraction of sp³-hybridized carbons (Fsp3) is 0.133. The predicted molar refractivity (Wildman–Crippen MR) is 144 cm³/mol. The summed E-state index contributed by atoms with van der Waals surface area (Å²) < 4.78 is 7.23. The lowest BCUT2D eigenvalue weighted by molar-refractivity contribution is -0.384. The Labute approximate surface area is 219 Å². The molecule has 0 aliphatic carbocycles. The Morgan fingerprint density at radius 1 is 0.921 bits per heavy atom. The van der Waals surface area contributed by atoms with Crippen molar-refractivity contribution >= 4 is 11.6 Å². The predicted octanol–water partition coefficient (Wildman–Crippen LogP) is 6.23. The van der Waals surface area contributed by atoms with E-state index in [0.29, 0.717) is 48.1 Å². The molecule has 0 atom stereocenters. The number of nitro groups is 1. The van der Waals surface area contributed by atoms with Crippen molar-refractivity contribution in [1.82, 2.24) is 14.7 Å². The highest BCUT2D eigenvalue weighted by Crippen LogP contribution is 2.26. The standard InChI is InChI=1S/C30H26N4O4/c1-22-15-16-29(38-22)27-20-28(33(31-27)25-13-8-14-26(19-25)34(36)37)30(35)32(21-24-11-6-3-7-12-24)18-17-23-9-4-2-5-10-23/h2-16,19-20H,17-18,21H2,1H3. The van der Waals surface area contributed by atoms with Crippen LogP contribution in [0.1, 0.15) is 27.4 Å². The first-order valence-corrected chi connectivity index (χ1v) is 12.3. The molecule has 38 heavy (non-hydrogen) atoms. The van der Waals surface area contributed by atoms with Gasteiger partial charge in [-0.1, -0.05) is 66.7 Å². The van der Waals surface area contributed by atoms with Crippen LogP contribution in [-0.2, 0) is 13.0 Å². The zero-order valence-electron chi connectivity index (χ0n) is 20.9. The third kappa shape index (κ3) is 5.54. The summed E-state index contributed by atoms with van der Waals surface area (Å²) in [5.41, 5.74) is 3.21. The summed E-state index contributed by atoms with van der Waals surface area (Å²) in [4.78, 5) is 26.9. The number of nitro benzene ring substituents is 1. The van der Waals surface area contributed by atoms with Crippen LogP contribution in [0, 0.1) is 17.0 Å². The summed E-state index contributed by atoms with van der Waals surface area (Å²) in [6, 6.07) is 31.2. The van der Waals surface area contributed by atoms with E-state index in [1.165, 1.54) is 16.8 Å². The largest absolute Gasteiger partial charge is 0.460 e. The van der Waals surface area contributed by atoms with Crippen LogP contribution in [0.25, 0.3) is 17.1 Å². The second kappa shape index (κ2) is 11.0. The van der Waals surface area contributed by atoms with Crippen LogP contribution in [0.3, 0.4) is 0 Å². The summed E-state index contributed by atoms with van der Waals surface area (Å²) in [7, 11) is 0. The maximum Gasteiger partial charge on any atom is 0.272 e. The molecule has 8 nitrogen and oxygen atoms in total. The number of aromatic nitrogens is 2. The van der Waals surface area contributed by atoms with Gasteiger partial charge in [0.25, 0.3) is 11.6 Å². The van der Waals surface area contributed by atoms with Crippen LogP contribution >= 0.6 is 0 Å². The lowest BCUT2D eigenvalue weighted by atomic mass is 10.1. The molecular formula is C30H26N4O4. The molecule has 0 spiro atoms. The van der Waals surface area contributed by atoms with E-state index in [-0.39, 0.29) is 11.6 Å². The van der Waals surface area contributed by atoms with Crippen molar-refractivity contribution in [2.75, 3.05) is 6.54 Å². The lowest BCUT2D eigenvalue weighted by Crippen LogP contribution is -2.34. The molecule has 0 aliphatic rings. The summed E-state index contributed by atoms with van der Waals surface area (Å²) in [6.45, 7) is 2.72. The highest BCUT2D eigenvalue weighted by atomic mass is 16.6. The van der Waals surface area contributed by atoms with Crippen molar-refractivity contribution in [1.29, 1.82) is 0 Å². The maximum absolute atomic E-state index is 14.1. The molecule has 2 aromatic heterocycles. The van der Waals surface area contributed by atoms with Gasteiger partial charge in [-0.05, 0) is 42.7 Å². The van der Waals surface area contributed by atoms with Gasteiger partial charge in [0.15, 0.2) is 5.76 Å². The van der Waals surface area contributed by atoms with Gasteiger partial charge in [-0.3, -0.25) is 14.9 Å². The van der Waals surface area contributed by atoms with Gasteiger partial charge < -0.3 is 9.32 Å². The van der Waals surface area contributed by atoms with Crippen molar-refractivity contribution in [2.45, 2.75) is 19.9 Å². The van der Waals surface area contributed by atoms with Crippen molar-refractivity contribution in [3.8, 4) is 17.1 Å². The molecule has 3 aromatic carbocycles. The van der Waals surface area contributed by atoms with Crippen molar-refractivity contribution in [2.24, 2.45) is 0 Å². The van der Waals surface area contributed by atoms with Gasteiger partial charge >= 0.3 is 0 Å². The zero-order chi connectivity index (χ0) is 26.5. The molecule has 5 rings (SSSR count). The smallest absolute Gasteiger partial charge is 0.272 e. The minimum Gasteiger partial charge on any atom is -0.460 e. The molecular weight excluding hydrogens is 480 g/mol. The summed E-state index contributed by atoms with van der Waals surface area (Å²) >= 11 is 0. The van der Waals surface area contributed by atoms with E-state index < -0.39 is 4.92 Å². The Morgan fingerprint density at radius 2 is 1.63 bits per heavy atom. The molecule has 0 aliphatic heterocycles. The van der Waals surface area contributed by atoms with Gasteiger partial charge in [0.05, 0.1) is 10.6 Å². The number of furan rings is 1. The highest BCUT2D eigenvalue weighted by molar-refractivity contribution is 5.94. The van der Waals surface area contributed by atoms with E-state index in [9.17, 15) is 14.9 Å². The quantitative estimate of drug-likeness (QED) is 0.174. The molecule has 0 bridgehead atoms. The number of benzene rings is 3. The molecule has 1 amide bonds. The molecule has 5 aromatic rings. The van der Waals surface area contributed by atoms with Crippen molar-refractivity contribution in [3.05, 3.63) is 136 Å². The summed E-state index contributed by atoms with van der Waals surface area (Å²) in [5, 5.41) is 16.1. The normalized spacial score (nSPS) is 10.9. The number of carbonyl (C=O) groups excluding carboxylic acids is 1. The summed E-state index contributed by atoms with van der Waals surface area (Å²) in [6.07, 6.45) is 0.675. The number of aryl methyl sites for hydroxylation is 1. The lowest BCUT2D eigenvalue weighted by Gasteiger charge is -2.23. The molecule has 2 heterocycles. The fourth-order valence-electron chi connectivity index (χ4n) is 4.29. The second-order valence-electron chi connectivity index (χ2n) is 8.96. The van der Waals surface area contributed by atoms with Crippen molar-refractivity contribution in [3.63, 3.8) is 0 Å². The molecule has 0 unspecified atom stereocenters. The van der Waals surface area contributed by atoms with Crippen LogP contribution in [-0.4, -0.2) is 32.1 Å². The van der Waals surface area contributed by atoms with Crippen LogP contribution in [0.4, 0.5) is 5.69 Å². The van der Waals surface area contributed by atoms with E-state index in [1.54, 1.807) is 29.2 Å². The second-order valence-corrected chi connectivity index (χ2v) is 8.96. The number of nitrogens with zero attached hydrogens (tertiary/aromatic N) is 4. The van der Waals surface area contributed by atoms with Gasteiger partial charge in [0, 0.05) is 31.3 Å². The first-order chi connectivity index (χ1) is 18.5.